The lowest BCUT2D eigenvalue weighted by atomic mass is 10.2. The minimum atomic E-state index is -4.67. The fraction of sp³-hybridized carbons (Fsp3) is 0. The summed E-state index contributed by atoms with van der Waals surface area (Å²) in [6.45, 7) is 0. The molecule has 18 heavy (non-hydrogen) atoms. The van der Waals surface area contributed by atoms with E-state index in [1.54, 1.807) is 0 Å². The van der Waals surface area contributed by atoms with Crippen LogP contribution in [-0.4, -0.2) is 38.8 Å². The molecule has 0 saturated carbocycles. The first kappa shape index (κ1) is 15.9. The number of benzene rings is 1. The van der Waals surface area contributed by atoms with Crippen LogP contribution in [0.1, 0.15) is 5.56 Å². The number of carboxylic acid groups (broad SMARTS) is 1. The van der Waals surface area contributed by atoms with Crippen LogP contribution in [0.15, 0.2) is 24.3 Å². The highest BCUT2D eigenvalue weighted by Crippen LogP contribution is 2.25. The van der Waals surface area contributed by atoms with E-state index < -0.39 is 16.4 Å². The molecular formula is C9H10O8S. The maximum atomic E-state index is 10.1. The van der Waals surface area contributed by atoms with Gasteiger partial charge < -0.3 is 15.3 Å². The second-order valence-corrected chi connectivity index (χ2v) is 3.76. The van der Waals surface area contributed by atoms with Crippen molar-refractivity contribution in [3.63, 3.8) is 0 Å². The molecular weight excluding hydrogens is 268 g/mol. The van der Waals surface area contributed by atoms with Crippen LogP contribution in [0.3, 0.4) is 0 Å². The molecule has 1 aromatic carbocycles. The molecule has 0 fully saturated rings. The summed E-state index contributed by atoms with van der Waals surface area (Å²) < 4.78 is 31.6. The van der Waals surface area contributed by atoms with Gasteiger partial charge in [0.05, 0.1) is 0 Å². The molecule has 9 heteroatoms. The average Bonchev–Trinajstić information content (AvgIpc) is 2.17. The van der Waals surface area contributed by atoms with Crippen LogP contribution < -0.4 is 0 Å². The van der Waals surface area contributed by atoms with Crippen LogP contribution in [0.2, 0.25) is 0 Å². The molecule has 1 rings (SSSR count). The van der Waals surface area contributed by atoms with Gasteiger partial charge in [0, 0.05) is 6.08 Å². The summed E-state index contributed by atoms with van der Waals surface area (Å²) in [5.41, 5.74) is 0.512. The van der Waals surface area contributed by atoms with Crippen molar-refractivity contribution in [2.45, 2.75) is 0 Å². The quantitative estimate of drug-likeness (QED) is 0.298. The molecule has 1 aromatic rings. The molecule has 0 amide bonds. The van der Waals surface area contributed by atoms with E-state index in [0.29, 0.717) is 5.56 Å². The second-order valence-electron chi connectivity index (χ2n) is 2.87. The van der Waals surface area contributed by atoms with Crippen molar-refractivity contribution in [2.24, 2.45) is 0 Å². The van der Waals surface area contributed by atoms with E-state index in [-0.39, 0.29) is 11.5 Å². The molecule has 0 unspecified atom stereocenters. The summed E-state index contributed by atoms with van der Waals surface area (Å²) in [7, 11) is -4.67. The number of hydrogen-bond donors (Lipinski definition) is 5. The highest BCUT2D eigenvalue weighted by Gasteiger charge is 1.97. The van der Waals surface area contributed by atoms with Crippen LogP contribution in [0.25, 0.3) is 6.08 Å². The van der Waals surface area contributed by atoms with E-state index in [2.05, 4.69) is 0 Å². The minimum absolute atomic E-state index is 0.229. The van der Waals surface area contributed by atoms with E-state index in [1.165, 1.54) is 24.3 Å². The lowest BCUT2D eigenvalue weighted by Crippen LogP contribution is -1.89. The number of hydrogen-bond acceptors (Lipinski definition) is 5. The number of carbonyl (C=O) groups is 1. The van der Waals surface area contributed by atoms with Gasteiger partial charge >= 0.3 is 16.4 Å². The Labute approximate surface area is 102 Å². The molecule has 0 aromatic heterocycles. The molecule has 0 heterocycles. The number of carboxylic acids is 1. The van der Waals surface area contributed by atoms with E-state index in [0.717, 1.165) is 6.08 Å². The van der Waals surface area contributed by atoms with Gasteiger partial charge in [0.1, 0.15) is 0 Å². The summed E-state index contributed by atoms with van der Waals surface area (Å²) >= 11 is 0. The summed E-state index contributed by atoms with van der Waals surface area (Å²) in [6, 6.07) is 4.06. The monoisotopic (exact) mass is 278 g/mol. The van der Waals surface area contributed by atoms with Crippen molar-refractivity contribution in [2.75, 3.05) is 0 Å². The highest BCUT2D eigenvalue weighted by molar-refractivity contribution is 7.79. The van der Waals surface area contributed by atoms with Crippen LogP contribution in [-0.2, 0) is 15.2 Å². The Balaban J connectivity index is 0.000000494. The fourth-order valence-electron chi connectivity index (χ4n) is 0.812. The first-order chi connectivity index (χ1) is 8.09. The zero-order valence-electron chi connectivity index (χ0n) is 8.76. The van der Waals surface area contributed by atoms with Gasteiger partial charge in [-0.05, 0) is 23.8 Å². The van der Waals surface area contributed by atoms with E-state index in [4.69, 9.17) is 32.8 Å². The highest BCUT2D eigenvalue weighted by atomic mass is 32.3. The molecule has 0 aliphatic heterocycles. The standard InChI is InChI=1S/C9H8O4.H2O4S/c10-7-3-1-6(5-8(7)11)2-4-9(12)13;1-5(2,3)4/h1-5,10-11H,(H,12,13);(H2,1,2,3,4)/b4-2+;. The van der Waals surface area contributed by atoms with Crippen molar-refractivity contribution in [1.82, 2.24) is 0 Å². The molecule has 8 nitrogen and oxygen atoms in total. The summed E-state index contributed by atoms with van der Waals surface area (Å²) in [5.74, 6) is -1.56. The van der Waals surface area contributed by atoms with Gasteiger partial charge in [-0.2, -0.15) is 8.42 Å². The zero-order chi connectivity index (χ0) is 14.3. The molecule has 0 spiro atoms. The van der Waals surface area contributed by atoms with Crippen LogP contribution >= 0.6 is 0 Å². The molecule has 0 bridgehead atoms. The average molecular weight is 278 g/mol. The maximum Gasteiger partial charge on any atom is 0.394 e. The van der Waals surface area contributed by atoms with Crippen molar-refractivity contribution in [1.29, 1.82) is 0 Å². The SMILES string of the molecule is O=C(O)/C=C/c1ccc(O)c(O)c1.O=S(=O)(O)O. The predicted octanol–water partition coefficient (Wildman–Crippen LogP) is 0.543. The van der Waals surface area contributed by atoms with Crippen LogP contribution in [0, 0.1) is 0 Å². The lowest BCUT2D eigenvalue weighted by Gasteiger charge is -1.97. The van der Waals surface area contributed by atoms with Gasteiger partial charge in [-0.15, -0.1) is 0 Å². The smallest absolute Gasteiger partial charge is 0.394 e. The van der Waals surface area contributed by atoms with Crippen LogP contribution in [0.4, 0.5) is 0 Å². The van der Waals surface area contributed by atoms with Crippen molar-refractivity contribution in [3.05, 3.63) is 29.8 Å². The van der Waals surface area contributed by atoms with Crippen molar-refractivity contribution in [3.8, 4) is 11.5 Å². The topological polar surface area (TPSA) is 152 Å². The Morgan fingerprint density at radius 1 is 1.11 bits per heavy atom. The van der Waals surface area contributed by atoms with Gasteiger partial charge in [0.15, 0.2) is 11.5 Å². The van der Waals surface area contributed by atoms with E-state index >= 15 is 0 Å². The Kier molecular flexibility index (Phi) is 5.82. The third-order valence-corrected chi connectivity index (χ3v) is 1.42. The van der Waals surface area contributed by atoms with Gasteiger partial charge in [-0.25, -0.2) is 4.79 Å². The first-order valence-electron chi connectivity index (χ1n) is 4.22. The number of aromatic hydroxyl groups is 2. The maximum absolute atomic E-state index is 10.1. The third-order valence-electron chi connectivity index (χ3n) is 1.42. The van der Waals surface area contributed by atoms with Crippen molar-refractivity contribution < 1.29 is 37.6 Å². The number of phenols is 2. The number of phenolic OH excluding ortho intramolecular Hbond substituents is 2. The lowest BCUT2D eigenvalue weighted by molar-refractivity contribution is -0.131. The van der Waals surface area contributed by atoms with E-state index in [9.17, 15) is 4.79 Å². The zero-order valence-corrected chi connectivity index (χ0v) is 9.57. The molecule has 100 valence electrons. The first-order valence-corrected chi connectivity index (χ1v) is 5.62. The molecule has 0 aliphatic carbocycles. The summed E-state index contributed by atoms with van der Waals surface area (Å²) in [4.78, 5) is 10.1. The molecule has 0 aliphatic rings. The van der Waals surface area contributed by atoms with Crippen molar-refractivity contribution >= 4 is 22.4 Å². The van der Waals surface area contributed by atoms with Gasteiger partial charge in [0.2, 0.25) is 0 Å². The van der Waals surface area contributed by atoms with Crippen LogP contribution in [0.5, 0.6) is 11.5 Å². The molecule has 0 saturated heterocycles. The summed E-state index contributed by atoms with van der Waals surface area (Å²) in [6.07, 6.45) is 2.27. The second kappa shape index (κ2) is 6.59. The number of rotatable bonds is 2. The fourth-order valence-corrected chi connectivity index (χ4v) is 0.812. The Morgan fingerprint density at radius 2 is 1.61 bits per heavy atom. The minimum Gasteiger partial charge on any atom is -0.504 e. The van der Waals surface area contributed by atoms with Gasteiger partial charge in [-0.1, -0.05) is 6.07 Å². The Bertz CT molecular complexity index is 538. The normalized spacial score (nSPS) is 10.8. The van der Waals surface area contributed by atoms with Gasteiger partial charge in [-0.3, -0.25) is 9.11 Å². The largest absolute Gasteiger partial charge is 0.504 e. The molecule has 5 N–H and O–H groups in total. The Hall–Kier alpha value is -2.10. The molecule has 0 atom stereocenters. The third kappa shape index (κ3) is 9.15. The van der Waals surface area contributed by atoms with E-state index in [1.807, 2.05) is 0 Å². The van der Waals surface area contributed by atoms with Gasteiger partial charge in [0.25, 0.3) is 0 Å². The Morgan fingerprint density at radius 3 is 2.00 bits per heavy atom. The predicted molar refractivity (Wildman–Crippen MR) is 60.6 cm³/mol. The molecule has 0 radical (unpaired) electrons. The summed E-state index contributed by atoms with van der Waals surface area (Å²) in [5, 5.41) is 26.3. The number of aliphatic carboxylic acids is 1.